The number of likely N-dealkylation sites (N-methyl/N-ethyl adjacent to an activating group) is 2. The predicted octanol–water partition coefficient (Wildman–Crippen LogP) is 4.79. The molecule has 21 nitrogen and oxygen atoms in total. The molecule has 450 valence electrons. The highest BCUT2D eigenvalue weighted by Gasteiger charge is 2.42. The smallest absolute Gasteiger partial charge is 0.247 e. The van der Waals surface area contributed by atoms with Gasteiger partial charge in [-0.2, -0.15) is 20.5 Å². The van der Waals surface area contributed by atoms with Crippen molar-refractivity contribution in [2.45, 2.75) is 133 Å². The Morgan fingerprint density at radius 2 is 1.16 bits per heavy atom. The van der Waals surface area contributed by atoms with E-state index in [1.807, 2.05) is 4.90 Å². The number of amides is 4. The first kappa shape index (κ1) is 57.9. The van der Waals surface area contributed by atoms with Gasteiger partial charge in [0.05, 0.1) is 36.5 Å². The Morgan fingerprint density at radius 1 is 0.628 bits per heavy atom. The lowest BCUT2D eigenvalue weighted by Crippen LogP contribution is -2.60. The number of carbonyl (C=O) groups excluding carboxylic acids is 4. The van der Waals surface area contributed by atoms with Crippen molar-refractivity contribution in [1.82, 2.24) is 44.9 Å². The molecule has 4 saturated heterocycles. The second kappa shape index (κ2) is 25.2. The number of anilines is 6. The topological polar surface area (TPSA) is 212 Å². The van der Waals surface area contributed by atoms with Crippen LogP contribution in [-0.4, -0.2) is 193 Å². The molecular formula is C65H81N17O4. The minimum Gasteiger partial charge on any atom is -0.368 e. The van der Waals surface area contributed by atoms with Crippen molar-refractivity contribution in [3.05, 3.63) is 107 Å². The third-order valence-corrected chi connectivity index (χ3v) is 19.4. The van der Waals surface area contributed by atoms with Gasteiger partial charge >= 0.3 is 0 Å². The van der Waals surface area contributed by atoms with Gasteiger partial charge in [-0.15, -0.1) is 0 Å². The standard InChI is InChI=1S/C65H81N17O4/c1-5-58(83)82-38-36-76(42-57(82)68-43-67)61-50-27-25-47(78-32-11-18-45-16-7-9-20-54(45)78)40-52(50)70-65(72-61)81-34-13-22-56(81)63(86)74(4)30-14-23-59(84)79-37-35-75(41-48(79)28-29-66)60-49-26-24-46(77-31-10-17-44-15-6-8-19-53(44)77)39-51(49)69-64(71-60)80-33-12-21-55(80)62(85)73(2)3/h5-9,14-16,19-20,23,46-48,55-57,68H,1,10-13,17-18,21-22,24-28,30-42H2,2-4H3/b23-14-/t46-,47-,48+,55-,56+,57-/m1/s1. The van der Waals surface area contributed by atoms with Crippen molar-refractivity contribution in [3.63, 3.8) is 0 Å². The predicted molar refractivity (Wildman–Crippen MR) is 331 cm³/mol. The fraction of sp³-hybridized carbons (Fsp3) is 0.538. The van der Waals surface area contributed by atoms with Crippen molar-refractivity contribution in [3.8, 4) is 12.3 Å². The molecule has 1 N–H and O–H groups in total. The molecule has 2 aromatic carbocycles. The summed E-state index contributed by atoms with van der Waals surface area (Å²) in [5.74, 6) is 2.17. The molecule has 0 radical (unpaired) electrons. The number of aromatic nitrogens is 4. The van der Waals surface area contributed by atoms with Crippen molar-refractivity contribution >= 4 is 58.5 Å². The number of nitrogens with one attached hydrogen (secondary N) is 1. The summed E-state index contributed by atoms with van der Waals surface area (Å²) in [6.07, 6.45) is 18.4. The molecule has 2 aromatic heterocycles. The lowest BCUT2D eigenvalue weighted by molar-refractivity contribution is -0.131. The maximum Gasteiger partial charge on any atom is 0.247 e. The van der Waals surface area contributed by atoms with E-state index in [4.69, 9.17) is 19.9 Å². The average molecular weight is 1160 g/mol. The number of rotatable bonds is 14. The van der Waals surface area contributed by atoms with Crippen molar-refractivity contribution < 1.29 is 19.2 Å². The summed E-state index contributed by atoms with van der Waals surface area (Å²) < 4.78 is 0. The van der Waals surface area contributed by atoms with E-state index in [1.54, 1.807) is 52.9 Å². The number of benzene rings is 2. The molecule has 12 rings (SSSR count). The number of carbonyl (C=O) groups is 4. The fourth-order valence-corrected chi connectivity index (χ4v) is 15.1. The second-order valence-electron chi connectivity index (χ2n) is 24.7. The van der Waals surface area contributed by atoms with Crippen molar-refractivity contribution in [2.24, 2.45) is 0 Å². The fourth-order valence-electron chi connectivity index (χ4n) is 15.1. The number of fused-ring (bicyclic) bond motifs is 4. The Balaban J connectivity index is 0.751. The molecule has 4 fully saturated rings. The number of hydrogen-bond acceptors (Lipinski definition) is 17. The number of hydrogen-bond donors (Lipinski definition) is 1. The zero-order valence-electron chi connectivity index (χ0n) is 50.2. The molecule has 8 heterocycles. The minimum atomic E-state index is -0.580. The summed E-state index contributed by atoms with van der Waals surface area (Å²) in [5, 5.41) is 22.8. The molecule has 6 aliphatic heterocycles. The minimum absolute atomic E-state index is 0.0402. The maximum atomic E-state index is 14.7. The van der Waals surface area contributed by atoms with Gasteiger partial charge in [-0.1, -0.05) is 49.1 Å². The first-order valence-electron chi connectivity index (χ1n) is 31.3. The van der Waals surface area contributed by atoms with E-state index in [2.05, 4.69) is 97.2 Å². The first-order chi connectivity index (χ1) is 41.9. The Kier molecular flexibility index (Phi) is 17.0. The zero-order valence-corrected chi connectivity index (χ0v) is 50.2. The number of aryl methyl sites for hydroxylation is 2. The summed E-state index contributed by atoms with van der Waals surface area (Å²) in [5.41, 5.74) is 9.51. The van der Waals surface area contributed by atoms with Gasteiger partial charge in [0, 0.05) is 140 Å². The molecule has 86 heavy (non-hydrogen) atoms. The molecule has 6 atom stereocenters. The van der Waals surface area contributed by atoms with Crippen LogP contribution in [0.25, 0.3) is 0 Å². The lowest BCUT2D eigenvalue weighted by atomic mass is 9.88. The Morgan fingerprint density at radius 3 is 1.71 bits per heavy atom. The summed E-state index contributed by atoms with van der Waals surface area (Å²) in [6, 6.07) is 19.0. The maximum absolute atomic E-state index is 14.7. The van der Waals surface area contributed by atoms with Gasteiger partial charge in [0.15, 0.2) is 6.19 Å². The summed E-state index contributed by atoms with van der Waals surface area (Å²) in [7, 11) is 5.36. The van der Waals surface area contributed by atoms with Crippen LogP contribution in [0.15, 0.2) is 73.3 Å². The van der Waals surface area contributed by atoms with E-state index in [0.717, 1.165) is 131 Å². The third kappa shape index (κ3) is 11.4. The Labute approximate surface area is 505 Å². The van der Waals surface area contributed by atoms with E-state index in [0.29, 0.717) is 70.7 Å². The van der Waals surface area contributed by atoms with E-state index < -0.39 is 18.2 Å². The monoisotopic (exact) mass is 1160 g/mol. The largest absolute Gasteiger partial charge is 0.368 e. The molecule has 0 saturated carbocycles. The van der Waals surface area contributed by atoms with Crippen LogP contribution in [0.4, 0.5) is 34.9 Å². The van der Waals surface area contributed by atoms with Crippen LogP contribution in [0, 0.1) is 22.8 Å². The van der Waals surface area contributed by atoms with Gasteiger partial charge in [-0.3, -0.25) is 19.2 Å². The number of nitrogens with zero attached hydrogens (tertiary/aromatic N) is 16. The normalized spacial score (nSPS) is 23.6. The van der Waals surface area contributed by atoms with Crippen molar-refractivity contribution in [1.29, 1.82) is 10.5 Å². The molecule has 4 aromatic rings. The molecule has 0 unspecified atom stereocenters. The van der Waals surface area contributed by atoms with Gasteiger partial charge in [-0.05, 0) is 106 Å². The van der Waals surface area contributed by atoms with E-state index >= 15 is 0 Å². The molecule has 8 aliphatic rings. The Hall–Kier alpha value is -8.46. The molecule has 0 spiro atoms. The number of nitriles is 2. The van der Waals surface area contributed by atoms with Gasteiger partial charge in [0.2, 0.25) is 35.5 Å². The summed E-state index contributed by atoms with van der Waals surface area (Å²) in [6.45, 7) is 9.64. The highest BCUT2D eigenvalue weighted by atomic mass is 16.2. The van der Waals surface area contributed by atoms with Crippen LogP contribution in [0.2, 0.25) is 0 Å². The highest BCUT2D eigenvalue weighted by Crippen LogP contribution is 2.40. The molecule has 21 heteroatoms. The second-order valence-corrected chi connectivity index (χ2v) is 24.7. The van der Waals surface area contributed by atoms with E-state index in [-0.39, 0.29) is 54.7 Å². The van der Waals surface area contributed by atoms with Gasteiger partial charge in [0.1, 0.15) is 29.9 Å². The highest BCUT2D eigenvalue weighted by molar-refractivity contribution is 5.89. The van der Waals surface area contributed by atoms with Gasteiger partial charge in [-0.25, -0.2) is 9.97 Å². The SMILES string of the molecule is C=CC(=O)N1CCN(c2nc(N3CCC[C@H]3C(=O)N(C)C/C=C\C(=O)N3CCN(c4nc(N5CCC[C@@H]5C(=O)N(C)C)nc5c4CC[C@@H](N4CCCc6ccccc64)C5)C[C@@H]3CC#N)nc3c2CC[C@@H](N2CCCc4ccccc42)C3)C[C@@H]1NC#N. The van der Waals surface area contributed by atoms with Crippen LogP contribution in [-0.2, 0) is 57.7 Å². The third-order valence-electron chi connectivity index (χ3n) is 19.4. The van der Waals surface area contributed by atoms with Crippen molar-refractivity contribution in [2.75, 3.05) is 123 Å². The van der Waals surface area contributed by atoms with Gasteiger partial charge in [0.25, 0.3) is 0 Å². The number of para-hydroxylation sites is 2. The van der Waals surface area contributed by atoms with Crippen LogP contribution >= 0.6 is 0 Å². The molecule has 0 bridgehead atoms. The van der Waals surface area contributed by atoms with Crippen LogP contribution in [0.3, 0.4) is 0 Å². The quantitative estimate of drug-likeness (QED) is 0.102. The Bertz CT molecular complexity index is 3360. The zero-order chi connectivity index (χ0) is 59.6. The van der Waals surface area contributed by atoms with Gasteiger partial charge < -0.3 is 54.3 Å². The van der Waals surface area contributed by atoms with Crippen LogP contribution in [0.5, 0.6) is 0 Å². The first-order valence-corrected chi connectivity index (χ1v) is 31.3. The number of piperazine rings is 2. The van der Waals surface area contributed by atoms with E-state index in [9.17, 15) is 29.7 Å². The van der Waals surface area contributed by atoms with Crippen LogP contribution < -0.4 is 34.7 Å². The lowest BCUT2D eigenvalue weighted by Gasteiger charge is -2.43. The molecule has 2 aliphatic carbocycles. The molecule has 4 amide bonds. The molecular weight excluding hydrogens is 1080 g/mol. The van der Waals surface area contributed by atoms with Crippen LogP contribution in [0.1, 0.15) is 91.4 Å². The van der Waals surface area contributed by atoms with E-state index in [1.165, 1.54) is 28.6 Å². The summed E-state index contributed by atoms with van der Waals surface area (Å²) in [4.78, 5) is 97.2. The average Bonchev–Trinajstić information content (AvgIpc) is 3.41. The summed E-state index contributed by atoms with van der Waals surface area (Å²) >= 11 is 0.